The first-order valence-corrected chi connectivity index (χ1v) is 8.37. The van der Waals surface area contributed by atoms with E-state index in [4.69, 9.17) is 9.72 Å². The maximum Gasteiger partial charge on any atom is 0.161 e. The number of ether oxygens (including phenoxy) is 1. The average molecular weight is 337 g/mol. The lowest BCUT2D eigenvalue weighted by Crippen LogP contribution is -2.08. The van der Waals surface area contributed by atoms with Gasteiger partial charge in [0.2, 0.25) is 0 Å². The standard InChI is InChI=1S/C19H23N5O/c1-5-6-7-21-18-9-17(14-8-15(25-4)11-20-10-14)23-19-16(13(2)3)12-22-24(18)19/h5,8-13,21H,1,6-7H2,2-4H3. The van der Waals surface area contributed by atoms with Crippen molar-refractivity contribution in [2.24, 2.45) is 0 Å². The molecule has 0 saturated heterocycles. The summed E-state index contributed by atoms with van der Waals surface area (Å²) in [6.07, 6.45) is 8.13. The third-order valence-corrected chi connectivity index (χ3v) is 4.02. The van der Waals surface area contributed by atoms with E-state index in [1.807, 2.05) is 28.9 Å². The van der Waals surface area contributed by atoms with Crippen LogP contribution in [0, 0.1) is 0 Å². The van der Waals surface area contributed by atoms with E-state index >= 15 is 0 Å². The molecule has 0 atom stereocenters. The molecule has 0 bridgehead atoms. The molecule has 0 aliphatic carbocycles. The van der Waals surface area contributed by atoms with Gasteiger partial charge in [-0.15, -0.1) is 6.58 Å². The molecule has 0 aromatic carbocycles. The van der Waals surface area contributed by atoms with Gasteiger partial charge in [0.15, 0.2) is 5.65 Å². The van der Waals surface area contributed by atoms with Crippen molar-refractivity contribution in [3.8, 4) is 17.0 Å². The minimum absolute atomic E-state index is 0.338. The minimum atomic E-state index is 0.338. The van der Waals surface area contributed by atoms with Crippen molar-refractivity contribution in [3.63, 3.8) is 0 Å². The highest BCUT2D eigenvalue weighted by atomic mass is 16.5. The summed E-state index contributed by atoms with van der Waals surface area (Å²) in [6, 6.07) is 3.93. The SMILES string of the molecule is C=CCCNc1cc(-c2cncc(OC)c2)nc2c(C(C)C)cnn12. The van der Waals surface area contributed by atoms with Crippen molar-refractivity contribution in [2.45, 2.75) is 26.2 Å². The summed E-state index contributed by atoms with van der Waals surface area (Å²) in [5.41, 5.74) is 3.72. The lowest BCUT2D eigenvalue weighted by atomic mass is 10.1. The normalized spacial score (nSPS) is 11.0. The number of nitrogens with one attached hydrogen (secondary N) is 1. The van der Waals surface area contributed by atoms with Crippen LogP contribution in [0.15, 0.2) is 43.4 Å². The van der Waals surface area contributed by atoms with Gasteiger partial charge in [0.1, 0.15) is 11.6 Å². The highest BCUT2D eigenvalue weighted by Gasteiger charge is 2.15. The van der Waals surface area contributed by atoms with Gasteiger partial charge in [0.25, 0.3) is 0 Å². The van der Waals surface area contributed by atoms with E-state index in [2.05, 4.69) is 35.8 Å². The lowest BCUT2D eigenvalue weighted by Gasteiger charge is -2.11. The van der Waals surface area contributed by atoms with Crippen molar-refractivity contribution in [3.05, 3.63) is 48.9 Å². The number of aromatic nitrogens is 4. The zero-order valence-electron chi connectivity index (χ0n) is 14.9. The van der Waals surface area contributed by atoms with Crippen LogP contribution < -0.4 is 10.1 Å². The molecule has 25 heavy (non-hydrogen) atoms. The van der Waals surface area contributed by atoms with Crippen LogP contribution in [0.2, 0.25) is 0 Å². The Morgan fingerprint density at radius 3 is 2.84 bits per heavy atom. The number of fused-ring (bicyclic) bond motifs is 1. The molecule has 0 fully saturated rings. The molecule has 3 aromatic heterocycles. The Labute approximate surface area is 147 Å². The molecule has 3 aromatic rings. The monoisotopic (exact) mass is 337 g/mol. The number of methoxy groups -OCH3 is 1. The van der Waals surface area contributed by atoms with Crippen LogP contribution in [-0.4, -0.2) is 33.2 Å². The number of nitrogens with zero attached hydrogens (tertiary/aromatic N) is 4. The molecular formula is C19H23N5O. The minimum Gasteiger partial charge on any atom is -0.495 e. The second-order valence-electron chi connectivity index (χ2n) is 6.13. The molecule has 0 unspecified atom stereocenters. The van der Waals surface area contributed by atoms with E-state index in [1.165, 1.54) is 0 Å². The molecule has 3 rings (SSSR count). The topological polar surface area (TPSA) is 64.3 Å². The molecule has 6 nitrogen and oxygen atoms in total. The zero-order valence-corrected chi connectivity index (χ0v) is 14.9. The molecule has 0 radical (unpaired) electrons. The Bertz CT molecular complexity index is 885. The Hall–Kier alpha value is -2.89. The third-order valence-electron chi connectivity index (χ3n) is 4.02. The Kier molecular flexibility index (Phi) is 4.97. The second-order valence-corrected chi connectivity index (χ2v) is 6.13. The van der Waals surface area contributed by atoms with Crippen LogP contribution in [-0.2, 0) is 0 Å². The van der Waals surface area contributed by atoms with Crippen LogP contribution >= 0.6 is 0 Å². The van der Waals surface area contributed by atoms with Crippen molar-refractivity contribution in [1.82, 2.24) is 19.6 Å². The predicted octanol–water partition coefficient (Wildman–Crippen LogP) is 3.91. The van der Waals surface area contributed by atoms with Gasteiger partial charge in [-0.1, -0.05) is 19.9 Å². The van der Waals surface area contributed by atoms with E-state index in [9.17, 15) is 0 Å². The molecule has 0 aliphatic rings. The summed E-state index contributed by atoms with van der Waals surface area (Å²) in [4.78, 5) is 9.08. The highest BCUT2D eigenvalue weighted by Crippen LogP contribution is 2.27. The third kappa shape index (κ3) is 3.47. The van der Waals surface area contributed by atoms with Gasteiger partial charge in [-0.05, 0) is 18.4 Å². The summed E-state index contributed by atoms with van der Waals surface area (Å²) < 4.78 is 7.14. The van der Waals surface area contributed by atoms with Crippen LogP contribution in [0.3, 0.4) is 0 Å². The maximum atomic E-state index is 5.29. The van der Waals surface area contributed by atoms with E-state index in [0.717, 1.165) is 41.3 Å². The quantitative estimate of drug-likeness (QED) is 0.523. The van der Waals surface area contributed by atoms with E-state index < -0.39 is 0 Å². The van der Waals surface area contributed by atoms with Crippen LogP contribution in [0.25, 0.3) is 16.9 Å². The number of anilines is 1. The fourth-order valence-corrected chi connectivity index (χ4v) is 2.63. The fraction of sp³-hybridized carbons (Fsp3) is 0.316. The fourth-order valence-electron chi connectivity index (χ4n) is 2.63. The largest absolute Gasteiger partial charge is 0.495 e. The van der Waals surface area contributed by atoms with Gasteiger partial charge < -0.3 is 10.1 Å². The zero-order chi connectivity index (χ0) is 17.8. The van der Waals surface area contributed by atoms with Crippen molar-refractivity contribution >= 4 is 11.5 Å². The Morgan fingerprint density at radius 1 is 1.28 bits per heavy atom. The van der Waals surface area contributed by atoms with Crippen molar-refractivity contribution < 1.29 is 4.74 Å². The molecule has 0 spiro atoms. The number of hydrogen-bond donors (Lipinski definition) is 1. The Morgan fingerprint density at radius 2 is 2.12 bits per heavy atom. The first-order chi connectivity index (χ1) is 12.1. The molecule has 1 N–H and O–H groups in total. The van der Waals surface area contributed by atoms with Crippen LogP contribution in [0.5, 0.6) is 5.75 Å². The van der Waals surface area contributed by atoms with E-state index in [0.29, 0.717) is 11.7 Å². The maximum absolute atomic E-state index is 5.29. The summed E-state index contributed by atoms with van der Waals surface area (Å²) in [5.74, 6) is 1.94. The van der Waals surface area contributed by atoms with Gasteiger partial charge in [0, 0.05) is 29.9 Å². The van der Waals surface area contributed by atoms with Gasteiger partial charge in [-0.2, -0.15) is 9.61 Å². The first kappa shape index (κ1) is 17.0. The first-order valence-electron chi connectivity index (χ1n) is 8.37. The summed E-state index contributed by atoms with van der Waals surface area (Å²) >= 11 is 0. The second kappa shape index (κ2) is 7.34. The van der Waals surface area contributed by atoms with Crippen molar-refractivity contribution in [2.75, 3.05) is 19.0 Å². The van der Waals surface area contributed by atoms with Gasteiger partial charge >= 0.3 is 0 Å². The summed E-state index contributed by atoms with van der Waals surface area (Å²) in [6.45, 7) is 8.84. The summed E-state index contributed by atoms with van der Waals surface area (Å²) in [5, 5.41) is 7.93. The van der Waals surface area contributed by atoms with Gasteiger partial charge in [0.05, 0.1) is 25.2 Å². The van der Waals surface area contributed by atoms with Gasteiger partial charge in [-0.3, -0.25) is 4.98 Å². The number of hydrogen-bond acceptors (Lipinski definition) is 5. The van der Waals surface area contributed by atoms with Gasteiger partial charge in [-0.25, -0.2) is 4.98 Å². The smallest absolute Gasteiger partial charge is 0.161 e. The molecule has 0 saturated carbocycles. The highest BCUT2D eigenvalue weighted by molar-refractivity contribution is 5.68. The Balaban J connectivity index is 2.13. The van der Waals surface area contributed by atoms with Crippen LogP contribution in [0.4, 0.5) is 5.82 Å². The number of rotatable bonds is 7. The predicted molar refractivity (Wildman–Crippen MR) is 100 cm³/mol. The lowest BCUT2D eigenvalue weighted by molar-refractivity contribution is 0.413. The van der Waals surface area contributed by atoms with Crippen molar-refractivity contribution in [1.29, 1.82) is 0 Å². The molecule has 0 aliphatic heterocycles. The number of pyridine rings is 1. The molecule has 0 amide bonds. The van der Waals surface area contributed by atoms with Crippen LogP contribution in [0.1, 0.15) is 31.7 Å². The summed E-state index contributed by atoms with van der Waals surface area (Å²) in [7, 11) is 1.63. The van der Waals surface area contributed by atoms with E-state index in [1.54, 1.807) is 19.5 Å². The average Bonchev–Trinajstić information content (AvgIpc) is 3.06. The molecule has 130 valence electrons. The van der Waals surface area contributed by atoms with E-state index in [-0.39, 0.29) is 0 Å². The molecule has 6 heteroatoms. The molecule has 3 heterocycles. The molecular weight excluding hydrogens is 314 g/mol.